The Morgan fingerprint density at radius 2 is 1.68 bits per heavy atom. The third kappa shape index (κ3) is 5.48. The van der Waals surface area contributed by atoms with Crippen LogP contribution in [0.2, 0.25) is 0 Å². The number of para-hydroxylation sites is 2. The minimum absolute atomic E-state index is 0.0499. The molecule has 0 spiro atoms. The van der Waals surface area contributed by atoms with Crippen molar-refractivity contribution in [2.45, 2.75) is 50.6 Å². The van der Waals surface area contributed by atoms with E-state index >= 15 is 0 Å². The standard InChI is InChI=1S/C31H34N4O3/c32-30(37)29(23-8-2-1-3-9-23)34-31(38)25-11-5-4-10-24(25)22-16-14-21(15-17-22)20-35-27-13-7-6-12-26(27)33-28(35)18-19-36/h1-3,6-9,12-17,24-25,29,36H,4-5,10-11,18-20H2,(H2,32,37)(H,34,38). The van der Waals surface area contributed by atoms with Crippen molar-refractivity contribution >= 4 is 22.8 Å². The van der Waals surface area contributed by atoms with Crippen LogP contribution in [0.1, 0.15) is 60.2 Å². The molecule has 2 amide bonds. The lowest BCUT2D eigenvalue weighted by molar-refractivity contribution is -0.131. The van der Waals surface area contributed by atoms with Gasteiger partial charge in [-0.1, -0.05) is 79.6 Å². The highest BCUT2D eigenvalue weighted by Crippen LogP contribution is 2.38. The van der Waals surface area contributed by atoms with Gasteiger partial charge in [-0.05, 0) is 47.6 Å². The zero-order valence-corrected chi connectivity index (χ0v) is 21.4. The van der Waals surface area contributed by atoms with E-state index in [1.807, 2.05) is 48.5 Å². The number of amides is 2. The van der Waals surface area contributed by atoms with E-state index in [1.165, 1.54) is 0 Å². The Morgan fingerprint density at radius 3 is 2.42 bits per heavy atom. The molecule has 0 bridgehead atoms. The number of rotatable bonds is 9. The summed E-state index contributed by atoms with van der Waals surface area (Å²) in [7, 11) is 0. The number of nitrogens with one attached hydrogen (secondary N) is 1. The van der Waals surface area contributed by atoms with E-state index in [0.29, 0.717) is 18.5 Å². The molecule has 3 unspecified atom stereocenters. The van der Waals surface area contributed by atoms with Gasteiger partial charge in [-0.2, -0.15) is 0 Å². The Morgan fingerprint density at radius 1 is 0.974 bits per heavy atom. The van der Waals surface area contributed by atoms with Gasteiger partial charge < -0.3 is 20.7 Å². The van der Waals surface area contributed by atoms with Gasteiger partial charge in [-0.3, -0.25) is 9.59 Å². The first-order chi connectivity index (χ1) is 18.5. The maximum absolute atomic E-state index is 13.4. The van der Waals surface area contributed by atoms with Crippen LogP contribution in [0.4, 0.5) is 0 Å². The molecule has 3 atom stereocenters. The van der Waals surface area contributed by atoms with E-state index in [4.69, 9.17) is 10.7 Å². The average molecular weight is 511 g/mol. The highest BCUT2D eigenvalue weighted by Gasteiger charge is 2.34. The zero-order chi connectivity index (χ0) is 26.5. The molecule has 1 saturated carbocycles. The predicted molar refractivity (Wildman–Crippen MR) is 147 cm³/mol. The highest BCUT2D eigenvalue weighted by atomic mass is 16.3. The molecule has 1 aliphatic rings. The first-order valence-corrected chi connectivity index (χ1v) is 13.3. The Bertz CT molecular complexity index is 1400. The van der Waals surface area contributed by atoms with Gasteiger partial charge in [-0.15, -0.1) is 0 Å². The number of imidazole rings is 1. The number of carbonyl (C=O) groups is 2. The van der Waals surface area contributed by atoms with Crippen LogP contribution in [0.5, 0.6) is 0 Å². The Labute approximate surface area is 222 Å². The SMILES string of the molecule is NC(=O)C(NC(=O)C1CCCCC1c1ccc(Cn2c(CCO)nc3ccccc32)cc1)c1ccccc1. The number of fused-ring (bicyclic) bond motifs is 1. The van der Waals surface area contributed by atoms with Crippen LogP contribution in [0.15, 0.2) is 78.9 Å². The summed E-state index contributed by atoms with van der Waals surface area (Å²) in [6, 6.07) is 24.8. The van der Waals surface area contributed by atoms with Crippen molar-refractivity contribution in [1.82, 2.24) is 14.9 Å². The number of aliphatic hydroxyl groups excluding tert-OH is 1. The molecule has 7 heteroatoms. The van der Waals surface area contributed by atoms with Crippen molar-refractivity contribution in [1.29, 1.82) is 0 Å². The summed E-state index contributed by atoms with van der Waals surface area (Å²) >= 11 is 0. The smallest absolute Gasteiger partial charge is 0.244 e. The summed E-state index contributed by atoms with van der Waals surface area (Å²) < 4.78 is 2.16. The maximum Gasteiger partial charge on any atom is 0.244 e. The van der Waals surface area contributed by atoms with Crippen LogP contribution in [0.25, 0.3) is 11.0 Å². The number of primary amides is 1. The fourth-order valence-electron chi connectivity index (χ4n) is 5.70. The molecule has 0 radical (unpaired) electrons. The van der Waals surface area contributed by atoms with Gasteiger partial charge in [0, 0.05) is 18.9 Å². The third-order valence-electron chi connectivity index (χ3n) is 7.62. The van der Waals surface area contributed by atoms with Gasteiger partial charge in [0.2, 0.25) is 11.8 Å². The maximum atomic E-state index is 13.4. The first kappa shape index (κ1) is 25.7. The van der Waals surface area contributed by atoms with Crippen molar-refractivity contribution in [2.75, 3.05) is 6.61 Å². The summed E-state index contributed by atoms with van der Waals surface area (Å²) in [5, 5.41) is 12.5. The van der Waals surface area contributed by atoms with Crippen LogP contribution in [-0.2, 0) is 22.6 Å². The number of hydrogen-bond donors (Lipinski definition) is 3. The van der Waals surface area contributed by atoms with Crippen molar-refractivity contribution in [3.8, 4) is 0 Å². The van der Waals surface area contributed by atoms with Gasteiger partial charge in [0.05, 0.1) is 17.6 Å². The van der Waals surface area contributed by atoms with Crippen LogP contribution in [0.3, 0.4) is 0 Å². The van der Waals surface area contributed by atoms with E-state index in [-0.39, 0.29) is 24.3 Å². The van der Waals surface area contributed by atoms with Gasteiger partial charge in [0.1, 0.15) is 11.9 Å². The molecule has 1 fully saturated rings. The molecular formula is C31H34N4O3. The molecule has 38 heavy (non-hydrogen) atoms. The lowest BCUT2D eigenvalue weighted by Gasteiger charge is -2.32. The van der Waals surface area contributed by atoms with Gasteiger partial charge in [-0.25, -0.2) is 4.98 Å². The van der Waals surface area contributed by atoms with Crippen molar-refractivity contribution in [3.05, 3.63) is 101 Å². The van der Waals surface area contributed by atoms with E-state index < -0.39 is 11.9 Å². The summed E-state index contributed by atoms with van der Waals surface area (Å²) in [5.74, 6) is 0.0538. The Balaban J connectivity index is 1.34. The normalized spacial score (nSPS) is 18.2. The van der Waals surface area contributed by atoms with E-state index in [0.717, 1.165) is 53.7 Å². The Hall–Kier alpha value is -3.97. The largest absolute Gasteiger partial charge is 0.396 e. The van der Waals surface area contributed by atoms with Crippen LogP contribution in [0, 0.1) is 5.92 Å². The quantitative estimate of drug-likeness (QED) is 0.313. The molecule has 3 aromatic carbocycles. The number of benzene rings is 3. The minimum atomic E-state index is -0.841. The second-order valence-corrected chi connectivity index (χ2v) is 10.1. The molecule has 5 rings (SSSR count). The molecule has 196 valence electrons. The average Bonchev–Trinajstić information content (AvgIpc) is 3.29. The zero-order valence-electron chi connectivity index (χ0n) is 21.4. The molecule has 0 aliphatic heterocycles. The molecular weight excluding hydrogens is 476 g/mol. The molecule has 4 N–H and O–H groups in total. The minimum Gasteiger partial charge on any atom is -0.396 e. The fourth-order valence-corrected chi connectivity index (χ4v) is 5.70. The summed E-state index contributed by atoms with van der Waals surface area (Å²) in [6.07, 6.45) is 4.27. The second-order valence-electron chi connectivity index (χ2n) is 10.1. The number of aromatic nitrogens is 2. The molecule has 1 aromatic heterocycles. The fraction of sp³-hybridized carbons (Fsp3) is 0.323. The molecule has 1 aliphatic carbocycles. The highest BCUT2D eigenvalue weighted by molar-refractivity contribution is 5.89. The number of nitrogens with two attached hydrogens (primary N) is 1. The number of carbonyl (C=O) groups excluding carboxylic acids is 2. The third-order valence-corrected chi connectivity index (χ3v) is 7.62. The van der Waals surface area contributed by atoms with E-state index in [2.05, 4.69) is 40.2 Å². The van der Waals surface area contributed by atoms with Gasteiger partial charge in [0.15, 0.2) is 0 Å². The van der Waals surface area contributed by atoms with Gasteiger partial charge >= 0.3 is 0 Å². The van der Waals surface area contributed by atoms with Crippen LogP contribution in [-0.4, -0.2) is 33.1 Å². The lowest BCUT2D eigenvalue weighted by atomic mass is 9.74. The topological polar surface area (TPSA) is 110 Å². The van der Waals surface area contributed by atoms with Gasteiger partial charge in [0.25, 0.3) is 0 Å². The van der Waals surface area contributed by atoms with E-state index in [9.17, 15) is 14.7 Å². The van der Waals surface area contributed by atoms with E-state index in [1.54, 1.807) is 0 Å². The summed E-state index contributed by atoms with van der Waals surface area (Å²) in [4.78, 5) is 30.3. The molecule has 7 nitrogen and oxygen atoms in total. The summed E-state index contributed by atoms with van der Waals surface area (Å²) in [6.45, 7) is 0.705. The Kier molecular flexibility index (Phi) is 7.84. The monoisotopic (exact) mass is 510 g/mol. The lowest BCUT2D eigenvalue weighted by Crippen LogP contribution is -2.42. The van der Waals surface area contributed by atoms with Crippen molar-refractivity contribution < 1.29 is 14.7 Å². The number of hydrogen-bond acceptors (Lipinski definition) is 4. The predicted octanol–water partition coefficient (Wildman–Crippen LogP) is 4.24. The second kappa shape index (κ2) is 11.6. The molecule has 0 saturated heterocycles. The summed E-state index contributed by atoms with van der Waals surface area (Å²) in [5.41, 5.74) is 10.6. The van der Waals surface area contributed by atoms with Crippen molar-refractivity contribution in [2.24, 2.45) is 11.7 Å². The van der Waals surface area contributed by atoms with Crippen LogP contribution < -0.4 is 11.1 Å². The number of aliphatic hydroxyl groups is 1. The van der Waals surface area contributed by atoms with Crippen molar-refractivity contribution in [3.63, 3.8) is 0 Å². The van der Waals surface area contributed by atoms with Crippen LogP contribution >= 0.6 is 0 Å². The first-order valence-electron chi connectivity index (χ1n) is 13.3. The molecule has 1 heterocycles. The molecule has 4 aromatic rings. The number of nitrogens with zero attached hydrogens (tertiary/aromatic N) is 2.